The zero-order chi connectivity index (χ0) is 31.8. The summed E-state index contributed by atoms with van der Waals surface area (Å²) in [4.78, 5) is 13.5. The quantitative estimate of drug-likeness (QED) is 0.123. The average Bonchev–Trinajstić information content (AvgIpc) is 3.03. The highest BCUT2D eigenvalue weighted by Gasteiger charge is 2.23. The summed E-state index contributed by atoms with van der Waals surface area (Å²) in [7, 11) is 7.01. The lowest BCUT2D eigenvalue weighted by molar-refractivity contribution is -0.124. The van der Waals surface area contributed by atoms with E-state index in [4.69, 9.17) is 9.47 Å². The zero-order valence-electron chi connectivity index (χ0n) is 25.8. The fourth-order valence-corrected chi connectivity index (χ4v) is 8.18. The Bertz CT molecular complexity index is 1610. The normalized spacial score (nSPS) is 17.4. The Balaban J connectivity index is 1.44. The van der Waals surface area contributed by atoms with E-state index in [9.17, 15) is 20.1 Å². The van der Waals surface area contributed by atoms with Crippen molar-refractivity contribution in [1.29, 1.82) is 0 Å². The number of rotatable bonds is 6. The highest BCUT2D eigenvalue weighted by Crippen LogP contribution is 2.45. The lowest BCUT2D eigenvalue weighted by atomic mass is 9.89. The molecule has 7 nitrogen and oxygen atoms in total. The molecule has 0 saturated carbocycles. The first kappa shape index (κ1) is 33.0. The summed E-state index contributed by atoms with van der Waals surface area (Å²) in [6, 6.07) is 20.1. The lowest BCUT2D eigenvalue weighted by Gasteiger charge is -2.25. The second-order valence-electron chi connectivity index (χ2n) is 11.4. The van der Waals surface area contributed by atoms with E-state index in [1.807, 2.05) is 48.2 Å². The van der Waals surface area contributed by atoms with Crippen molar-refractivity contribution in [3.05, 3.63) is 83.4 Å². The van der Waals surface area contributed by atoms with Gasteiger partial charge in [0.05, 0.1) is 13.2 Å². The number of Topliss-reactive ketones (excluding diaryl/α,β-unsaturated/α-hetero) is 1. The third kappa shape index (κ3) is 8.47. The van der Waals surface area contributed by atoms with Crippen molar-refractivity contribution in [2.75, 3.05) is 19.9 Å². The van der Waals surface area contributed by atoms with Gasteiger partial charge in [-0.15, -0.1) is 0 Å². The van der Waals surface area contributed by atoms with Crippen LogP contribution in [-0.2, 0) is 28.1 Å². The smallest absolute Gasteiger partial charge is 0.168 e. The van der Waals surface area contributed by atoms with Crippen LogP contribution in [0.25, 0.3) is 21.9 Å². The van der Waals surface area contributed by atoms with Gasteiger partial charge in [-0.1, -0.05) is 64.4 Å². The van der Waals surface area contributed by atoms with Crippen molar-refractivity contribution in [1.82, 2.24) is 5.32 Å². The van der Waals surface area contributed by atoms with Gasteiger partial charge in [0.1, 0.15) is 23.5 Å². The first-order valence-corrected chi connectivity index (χ1v) is 17.9. The molecule has 0 saturated heterocycles. The SMILES string of the molecule is CN[C@@H](Cc1ccc(O)cc1)O[C@H]1CCCCSSCc2c(ccc3ccc(O)cc23)-c2c(ccc(O)c2OC)CCC(=O)C1. The van der Waals surface area contributed by atoms with Gasteiger partial charge in [-0.2, -0.15) is 0 Å². The molecule has 0 radical (unpaired) electrons. The van der Waals surface area contributed by atoms with Crippen molar-refractivity contribution >= 4 is 38.1 Å². The van der Waals surface area contributed by atoms with Crippen LogP contribution in [0.15, 0.2) is 66.7 Å². The Hall–Kier alpha value is -3.37. The third-order valence-corrected chi connectivity index (χ3v) is 10.7. The summed E-state index contributed by atoms with van der Waals surface area (Å²) in [5.41, 5.74) is 4.72. The number of likely N-dealkylation sites (N-methyl/N-ethyl adjacent to an activating group) is 1. The molecule has 0 unspecified atom stereocenters. The van der Waals surface area contributed by atoms with Crippen LogP contribution in [0.5, 0.6) is 23.0 Å². The number of ketones is 1. The molecule has 0 bridgehead atoms. The number of aryl methyl sites for hydroxylation is 1. The molecule has 45 heavy (non-hydrogen) atoms. The van der Waals surface area contributed by atoms with E-state index in [1.165, 1.54) is 0 Å². The molecule has 5 rings (SSSR count). The fourth-order valence-electron chi connectivity index (χ4n) is 5.92. The van der Waals surface area contributed by atoms with Crippen LogP contribution in [0.1, 0.15) is 48.8 Å². The molecular weight excluding hydrogens is 607 g/mol. The Morgan fingerprint density at radius 2 is 1.71 bits per heavy atom. The number of carbonyl (C=O) groups is 1. The predicted octanol–water partition coefficient (Wildman–Crippen LogP) is 7.76. The molecule has 4 N–H and O–H groups in total. The Morgan fingerprint density at radius 3 is 2.49 bits per heavy atom. The van der Waals surface area contributed by atoms with Crippen LogP contribution >= 0.6 is 21.6 Å². The number of methoxy groups -OCH3 is 1. The van der Waals surface area contributed by atoms with Crippen LogP contribution < -0.4 is 10.1 Å². The van der Waals surface area contributed by atoms with Crippen LogP contribution in [0.3, 0.4) is 0 Å². The number of hydrogen-bond acceptors (Lipinski definition) is 9. The van der Waals surface area contributed by atoms with Gasteiger partial charge in [-0.05, 0) is 89.7 Å². The maximum absolute atomic E-state index is 13.5. The molecule has 4 aromatic rings. The first-order chi connectivity index (χ1) is 21.9. The van der Waals surface area contributed by atoms with Gasteiger partial charge < -0.3 is 24.8 Å². The molecule has 1 aliphatic rings. The Kier molecular flexibility index (Phi) is 11.6. The van der Waals surface area contributed by atoms with Gasteiger partial charge in [-0.25, -0.2) is 0 Å². The average molecular weight is 648 g/mol. The van der Waals surface area contributed by atoms with Gasteiger partial charge in [0, 0.05) is 36.3 Å². The van der Waals surface area contributed by atoms with Gasteiger partial charge in [-0.3, -0.25) is 10.1 Å². The number of aromatic hydroxyl groups is 3. The van der Waals surface area contributed by atoms with E-state index in [0.717, 1.165) is 63.6 Å². The molecule has 4 aromatic carbocycles. The first-order valence-electron chi connectivity index (χ1n) is 15.4. The van der Waals surface area contributed by atoms with Crippen LogP contribution in [0.4, 0.5) is 0 Å². The van der Waals surface area contributed by atoms with Crippen LogP contribution in [0, 0.1) is 0 Å². The van der Waals surface area contributed by atoms with Crippen molar-refractivity contribution in [2.24, 2.45) is 0 Å². The lowest BCUT2D eigenvalue weighted by Crippen LogP contribution is -2.35. The molecule has 2 atom stereocenters. The van der Waals surface area contributed by atoms with Crippen LogP contribution in [-0.4, -0.2) is 53.3 Å². The van der Waals surface area contributed by atoms with Crippen molar-refractivity contribution in [3.8, 4) is 34.1 Å². The molecule has 0 aromatic heterocycles. The molecule has 0 aliphatic carbocycles. The van der Waals surface area contributed by atoms with Crippen molar-refractivity contribution in [2.45, 2.75) is 63.0 Å². The number of carbonyl (C=O) groups excluding carboxylic acids is 1. The number of hydrogen-bond donors (Lipinski definition) is 4. The molecule has 0 amide bonds. The minimum atomic E-state index is -0.262. The standard InChI is InChI=1S/C36H41NO6S2/c1-37-34(19-23-6-12-26(38)13-7-23)43-29-5-3-4-18-44-45-22-32-30(16-10-24-8-14-28(40)21-31(24)32)35-25(9-15-27(39)20-29)11-17-33(41)36(35)42-2/h6-8,10-14,16-17,21,29,34,37-38,40-41H,3-5,9,15,18-20,22H2,1-2H3/t29-,34+/m0/s1. The number of nitrogens with one attached hydrogen (secondary N) is 1. The largest absolute Gasteiger partial charge is 0.508 e. The topological polar surface area (TPSA) is 108 Å². The minimum Gasteiger partial charge on any atom is -0.508 e. The maximum atomic E-state index is 13.5. The zero-order valence-corrected chi connectivity index (χ0v) is 27.4. The highest BCUT2D eigenvalue weighted by atomic mass is 33.1. The van der Waals surface area contributed by atoms with E-state index in [1.54, 1.807) is 48.2 Å². The number of fused-ring (bicyclic) bond motifs is 5. The summed E-state index contributed by atoms with van der Waals surface area (Å²) in [6.45, 7) is 0. The third-order valence-electron chi connectivity index (χ3n) is 8.27. The molecule has 238 valence electrons. The summed E-state index contributed by atoms with van der Waals surface area (Å²) in [5, 5.41) is 36.1. The van der Waals surface area contributed by atoms with E-state index in [-0.39, 0.29) is 35.4 Å². The molecule has 1 aliphatic heterocycles. The molecule has 1 heterocycles. The van der Waals surface area contributed by atoms with Gasteiger partial charge in [0.15, 0.2) is 11.5 Å². The number of ether oxygens (including phenoxy) is 2. The second kappa shape index (κ2) is 15.8. The molecule has 9 heteroatoms. The molecular formula is C36H41NO6S2. The summed E-state index contributed by atoms with van der Waals surface area (Å²) < 4.78 is 12.2. The minimum absolute atomic E-state index is 0.0427. The van der Waals surface area contributed by atoms with E-state index in [0.29, 0.717) is 37.2 Å². The van der Waals surface area contributed by atoms with Crippen molar-refractivity contribution < 1.29 is 29.6 Å². The monoisotopic (exact) mass is 647 g/mol. The number of phenolic OH excluding ortho intramolecular Hbond substituents is 3. The Labute approximate surface area is 272 Å². The summed E-state index contributed by atoms with van der Waals surface area (Å²) in [6.07, 6.45) is 4.02. The van der Waals surface area contributed by atoms with Gasteiger partial charge in [0.25, 0.3) is 0 Å². The maximum Gasteiger partial charge on any atom is 0.168 e. The highest BCUT2D eigenvalue weighted by molar-refractivity contribution is 8.76. The van der Waals surface area contributed by atoms with E-state index < -0.39 is 0 Å². The summed E-state index contributed by atoms with van der Waals surface area (Å²) in [5.74, 6) is 2.64. The number of phenols is 3. The second-order valence-corrected chi connectivity index (χ2v) is 14.0. The Morgan fingerprint density at radius 1 is 0.933 bits per heavy atom. The summed E-state index contributed by atoms with van der Waals surface area (Å²) >= 11 is 0. The van der Waals surface area contributed by atoms with Crippen LogP contribution in [0.2, 0.25) is 0 Å². The van der Waals surface area contributed by atoms with E-state index >= 15 is 0 Å². The fraction of sp³-hybridized carbons (Fsp3) is 0.361. The number of benzene rings is 4. The van der Waals surface area contributed by atoms with E-state index in [2.05, 4.69) is 11.4 Å². The van der Waals surface area contributed by atoms with Crippen molar-refractivity contribution in [3.63, 3.8) is 0 Å². The molecule has 0 spiro atoms. The molecule has 0 fully saturated rings. The van der Waals surface area contributed by atoms with Gasteiger partial charge in [0.2, 0.25) is 0 Å². The predicted molar refractivity (Wildman–Crippen MR) is 184 cm³/mol. The van der Waals surface area contributed by atoms with Gasteiger partial charge >= 0.3 is 0 Å².